The molecular formula is C14H13F2N3O. The molecule has 2 N–H and O–H groups in total. The summed E-state index contributed by atoms with van der Waals surface area (Å²) in [4.78, 5) is 15.8. The summed E-state index contributed by atoms with van der Waals surface area (Å²) in [6, 6.07) is 6.93. The summed E-state index contributed by atoms with van der Waals surface area (Å²) in [6.07, 6.45) is 1.32. The zero-order chi connectivity index (χ0) is 14.5. The van der Waals surface area contributed by atoms with Crippen molar-refractivity contribution in [2.24, 2.45) is 0 Å². The molecule has 2 rings (SSSR count). The molecule has 0 atom stereocenters. The van der Waals surface area contributed by atoms with Gasteiger partial charge in [0.25, 0.3) is 5.91 Å². The molecule has 1 aromatic carbocycles. The molecule has 0 aliphatic carbocycles. The number of aromatic nitrogens is 1. The largest absolute Gasteiger partial charge is 0.368 e. The van der Waals surface area contributed by atoms with Crippen molar-refractivity contribution in [2.75, 3.05) is 17.2 Å². The van der Waals surface area contributed by atoms with Gasteiger partial charge in [-0.25, -0.2) is 13.8 Å². The highest BCUT2D eigenvalue weighted by molar-refractivity contribution is 6.04. The molecule has 0 aliphatic rings. The number of pyridine rings is 1. The molecule has 0 spiro atoms. The van der Waals surface area contributed by atoms with Crippen molar-refractivity contribution >= 4 is 17.4 Å². The molecule has 0 bridgehead atoms. The highest BCUT2D eigenvalue weighted by Crippen LogP contribution is 2.18. The second-order valence-corrected chi connectivity index (χ2v) is 3.99. The van der Waals surface area contributed by atoms with E-state index in [0.717, 1.165) is 0 Å². The number of nitrogens with zero attached hydrogens (tertiary/aromatic N) is 1. The number of anilines is 2. The average molecular weight is 277 g/mol. The van der Waals surface area contributed by atoms with Crippen molar-refractivity contribution in [1.82, 2.24) is 4.98 Å². The monoisotopic (exact) mass is 277 g/mol. The van der Waals surface area contributed by atoms with Crippen LogP contribution in [0.3, 0.4) is 0 Å². The van der Waals surface area contributed by atoms with Crippen LogP contribution in [0.5, 0.6) is 0 Å². The van der Waals surface area contributed by atoms with E-state index in [1.54, 1.807) is 13.0 Å². The quantitative estimate of drug-likeness (QED) is 0.903. The number of hydrogen-bond acceptors (Lipinski definition) is 3. The maximum atomic E-state index is 14.0. The number of amides is 1. The summed E-state index contributed by atoms with van der Waals surface area (Å²) in [5.41, 5.74) is -0.196. The lowest BCUT2D eigenvalue weighted by atomic mass is 10.2. The molecule has 0 unspecified atom stereocenters. The Morgan fingerprint density at radius 1 is 1.25 bits per heavy atom. The first-order chi connectivity index (χ1) is 9.63. The molecule has 2 aromatic rings. The van der Waals surface area contributed by atoms with Crippen molar-refractivity contribution in [3.05, 3.63) is 53.7 Å². The molecule has 0 fully saturated rings. The SMILES string of the molecule is CCNc1nccc(C(=O)Nc2ccccc2F)c1F. The molecule has 1 aromatic heterocycles. The van der Waals surface area contributed by atoms with Gasteiger partial charge in [0, 0.05) is 12.7 Å². The smallest absolute Gasteiger partial charge is 0.258 e. The van der Waals surface area contributed by atoms with Crippen LogP contribution in [0, 0.1) is 11.6 Å². The fourth-order valence-electron chi connectivity index (χ4n) is 1.66. The highest BCUT2D eigenvalue weighted by atomic mass is 19.1. The Labute approximate surface area is 114 Å². The van der Waals surface area contributed by atoms with Crippen LogP contribution in [0.2, 0.25) is 0 Å². The second-order valence-electron chi connectivity index (χ2n) is 3.99. The lowest BCUT2D eigenvalue weighted by Crippen LogP contribution is -2.16. The predicted molar refractivity (Wildman–Crippen MR) is 72.7 cm³/mol. The van der Waals surface area contributed by atoms with Gasteiger partial charge in [-0.2, -0.15) is 0 Å². The summed E-state index contributed by atoms with van der Waals surface area (Å²) in [6.45, 7) is 2.26. The van der Waals surface area contributed by atoms with E-state index in [1.807, 2.05) is 0 Å². The van der Waals surface area contributed by atoms with Crippen molar-refractivity contribution in [3.8, 4) is 0 Å². The topological polar surface area (TPSA) is 54.0 Å². The van der Waals surface area contributed by atoms with Crippen molar-refractivity contribution in [1.29, 1.82) is 0 Å². The zero-order valence-electron chi connectivity index (χ0n) is 10.8. The summed E-state index contributed by atoms with van der Waals surface area (Å²) >= 11 is 0. The highest BCUT2D eigenvalue weighted by Gasteiger charge is 2.16. The average Bonchev–Trinajstić information content (AvgIpc) is 2.44. The van der Waals surface area contributed by atoms with Crippen LogP contribution in [-0.2, 0) is 0 Å². The van der Waals surface area contributed by atoms with Gasteiger partial charge in [0.1, 0.15) is 5.82 Å². The van der Waals surface area contributed by atoms with E-state index in [9.17, 15) is 13.6 Å². The Bertz CT molecular complexity index is 632. The lowest BCUT2D eigenvalue weighted by Gasteiger charge is -2.09. The molecule has 1 heterocycles. The van der Waals surface area contributed by atoms with Gasteiger partial charge in [-0.3, -0.25) is 4.79 Å². The van der Waals surface area contributed by atoms with Crippen LogP contribution >= 0.6 is 0 Å². The number of carbonyl (C=O) groups is 1. The van der Waals surface area contributed by atoms with Gasteiger partial charge in [-0.15, -0.1) is 0 Å². The van der Waals surface area contributed by atoms with Crippen molar-refractivity contribution < 1.29 is 13.6 Å². The molecule has 1 amide bonds. The number of para-hydroxylation sites is 1. The number of rotatable bonds is 4. The molecule has 0 aliphatic heterocycles. The molecule has 0 saturated carbocycles. The van der Waals surface area contributed by atoms with Gasteiger partial charge in [-0.05, 0) is 25.1 Å². The van der Waals surface area contributed by atoms with Gasteiger partial charge in [-0.1, -0.05) is 12.1 Å². The first kappa shape index (κ1) is 13.9. The van der Waals surface area contributed by atoms with Gasteiger partial charge in [0.2, 0.25) is 0 Å². The minimum Gasteiger partial charge on any atom is -0.368 e. The Hall–Kier alpha value is -2.50. The second kappa shape index (κ2) is 6.10. The van der Waals surface area contributed by atoms with E-state index in [2.05, 4.69) is 15.6 Å². The minimum atomic E-state index is -0.761. The van der Waals surface area contributed by atoms with Gasteiger partial charge in [0.05, 0.1) is 11.3 Å². The molecule has 20 heavy (non-hydrogen) atoms. The lowest BCUT2D eigenvalue weighted by molar-refractivity contribution is 0.102. The minimum absolute atomic E-state index is 0.00119. The van der Waals surface area contributed by atoms with E-state index >= 15 is 0 Å². The fourth-order valence-corrected chi connectivity index (χ4v) is 1.66. The van der Waals surface area contributed by atoms with Crippen LogP contribution in [0.25, 0.3) is 0 Å². The predicted octanol–water partition coefficient (Wildman–Crippen LogP) is 3.04. The van der Waals surface area contributed by atoms with E-state index < -0.39 is 17.5 Å². The van der Waals surface area contributed by atoms with Crippen molar-refractivity contribution in [2.45, 2.75) is 6.92 Å². The Balaban J connectivity index is 2.26. The Morgan fingerprint density at radius 2 is 2.00 bits per heavy atom. The Kier molecular flexibility index (Phi) is 4.24. The van der Waals surface area contributed by atoms with Crippen LogP contribution < -0.4 is 10.6 Å². The van der Waals surface area contributed by atoms with Crippen LogP contribution in [-0.4, -0.2) is 17.4 Å². The molecule has 104 valence electrons. The number of benzene rings is 1. The van der Waals surface area contributed by atoms with Crippen LogP contribution in [0.4, 0.5) is 20.3 Å². The van der Waals surface area contributed by atoms with E-state index in [1.165, 1.54) is 30.5 Å². The third kappa shape index (κ3) is 2.90. The standard InChI is InChI=1S/C14H13F2N3O/c1-2-17-13-12(16)9(7-8-18-13)14(20)19-11-6-4-3-5-10(11)15/h3-8H,2H2,1H3,(H,17,18)(H,19,20). The first-order valence-electron chi connectivity index (χ1n) is 6.07. The molecule has 4 nitrogen and oxygen atoms in total. The Morgan fingerprint density at radius 3 is 2.70 bits per heavy atom. The molecular weight excluding hydrogens is 264 g/mol. The first-order valence-corrected chi connectivity index (χ1v) is 6.07. The molecule has 0 radical (unpaired) electrons. The summed E-state index contributed by atoms with van der Waals surface area (Å²) < 4.78 is 27.5. The number of nitrogens with one attached hydrogen (secondary N) is 2. The normalized spacial score (nSPS) is 10.2. The van der Waals surface area contributed by atoms with Gasteiger partial charge < -0.3 is 10.6 Å². The van der Waals surface area contributed by atoms with Gasteiger partial charge >= 0.3 is 0 Å². The third-order valence-corrected chi connectivity index (χ3v) is 2.60. The summed E-state index contributed by atoms with van der Waals surface area (Å²) in [5, 5.41) is 5.03. The molecule has 6 heteroatoms. The van der Waals surface area contributed by atoms with Crippen LogP contribution in [0.1, 0.15) is 17.3 Å². The summed E-state index contributed by atoms with van der Waals surface area (Å²) in [7, 11) is 0. The van der Waals surface area contributed by atoms with E-state index in [4.69, 9.17) is 0 Å². The van der Waals surface area contributed by atoms with E-state index in [-0.39, 0.29) is 17.1 Å². The van der Waals surface area contributed by atoms with Gasteiger partial charge in [0.15, 0.2) is 11.6 Å². The third-order valence-electron chi connectivity index (χ3n) is 2.60. The fraction of sp³-hybridized carbons (Fsp3) is 0.143. The van der Waals surface area contributed by atoms with Crippen molar-refractivity contribution in [3.63, 3.8) is 0 Å². The molecule has 0 saturated heterocycles. The number of hydrogen-bond donors (Lipinski definition) is 2. The zero-order valence-corrected chi connectivity index (χ0v) is 10.8. The van der Waals surface area contributed by atoms with Crippen LogP contribution in [0.15, 0.2) is 36.5 Å². The number of halogens is 2. The maximum absolute atomic E-state index is 14.0. The van der Waals surface area contributed by atoms with E-state index in [0.29, 0.717) is 6.54 Å². The maximum Gasteiger partial charge on any atom is 0.258 e. The number of carbonyl (C=O) groups excluding carboxylic acids is 1. The summed E-state index contributed by atoms with van der Waals surface area (Å²) in [5.74, 6) is -2.08.